The first-order chi connectivity index (χ1) is 9.84. The Bertz CT molecular complexity index is 466. The van der Waals surface area contributed by atoms with Crippen molar-refractivity contribution in [2.45, 2.75) is 32.1 Å². The summed E-state index contributed by atoms with van der Waals surface area (Å²) in [6.45, 7) is 4.12. The minimum Gasteiger partial charge on any atom is -0.339 e. The van der Waals surface area contributed by atoms with Gasteiger partial charge in [-0.15, -0.1) is 0 Å². The second-order valence-electron chi connectivity index (χ2n) is 6.03. The zero-order valence-electron chi connectivity index (χ0n) is 12.1. The molecule has 0 aromatic heterocycles. The highest BCUT2D eigenvalue weighted by molar-refractivity contribution is 5.96. The fourth-order valence-corrected chi connectivity index (χ4v) is 3.40. The maximum absolute atomic E-state index is 12.6. The molecule has 2 aliphatic rings. The summed E-state index contributed by atoms with van der Waals surface area (Å²) >= 11 is 0. The normalized spacial score (nSPS) is 20.6. The van der Waals surface area contributed by atoms with Crippen molar-refractivity contribution in [2.24, 2.45) is 5.92 Å². The van der Waals surface area contributed by atoms with Crippen molar-refractivity contribution in [1.29, 1.82) is 0 Å². The molecule has 3 heteroatoms. The third-order valence-electron chi connectivity index (χ3n) is 4.68. The molecule has 0 aliphatic carbocycles. The third kappa shape index (κ3) is 3.04. The van der Waals surface area contributed by atoms with Crippen molar-refractivity contribution in [1.82, 2.24) is 10.2 Å². The topological polar surface area (TPSA) is 32.3 Å². The van der Waals surface area contributed by atoms with Gasteiger partial charge in [0.2, 0.25) is 0 Å². The van der Waals surface area contributed by atoms with Crippen LogP contribution in [0.5, 0.6) is 0 Å². The van der Waals surface area contributed by atoms with Crippen LogP contribution in [0.3, 0.4) is 0 Å². The summed E-state index contributed by atoms with van der Waals surface area (Å²) in [5.74, 6) is 1.04. The standard InChI is InChI=1S/C17H24N2O/c20-17-16-6-2-1-4-15(16)5-3-12-19(17)13-9-14-7-10-18-11-8-14/h1-2,4,6,14,18H,3,5,7-13H2. The van der Waals surface area contributed by atoms with Crippen LogP contribution in [-0.4, -0.2) is 37.0 Å². The molecule has 1 aromatic rings. The Morgan fingerprint density at radius 1 is 1.20 bits per heavy atom. The Morgan fingerprint density at radius 2 is 2.00 bits per heavy atom. The predicted molar refractivity (Wildman–Crippen MR) is 80.9 cm³/mol. The summed E-state index contributed by atoms with van der Waals surface area (Å²) in [5, 5.41) is 3.40. The van der Waals surface area contributed by atoms with Gasteiger partial charge in [0.15, 0.2) is 0 Å². The monoisotopic (exact) mass is 272 g/mol. The maximum Gasteiger partial charge on any atom is 0.254 e. The number of benzene rings is 1. The first-order valence-electron chi connectivity index (χ1n) is 7.92. The quantitative estimate of drug-likeness (QED) is 0.916. The average molecular weight is 272 g/mol. The Labute approximate surface area is 121 Å². The molecular weight excluding hydrogens is 248 g/mol. The van der Waals surface area contributed by atoms with Gasteiger partial charge >= 0.3 is 0 Å². The van der Waals surface area contributed by atoms with Crippen LogP contribution in [-0.2, 0) is 6.42 Å². The Morgan fingerprint density at radius 3 is 2.85 bits per heavy atom. The van der Waals surface area contributed by atoms with Crippen molar-refractivity contribution in [3.8, 4) is 0 Å². The van der Waals surface area contributed by atoms with Gasteiger partial charge in [0, 0.05) is 18.7 Å². The van der Waals surface area contributed by atoms with E-state index in [0.717, 1.165) is 56.9 Å². The molecule has 0 bridgehead atoms. The molecule has 0 unspecified atom stereocenters. The largest absolute Gasteiger partial charge is 0.339 e. The van der Waals surface area contributed by atoms with Crippen LogP contribution in [0.1, 0.15) is 41.6 Å². The van der Waals surface area contributed by atoms with Gasteiger partial charge in [-0.25, -0.2) is 0 Å². The molecule has 108 valence electrons. The van der Waals surface area contributed by atoms with Gasteiger partial charge in [-0.1, -0.05) is 18.2 Å². The van der Waals surface area contributed by atoms with Crippen molar-refractivity contribution < 1.29 is 4.79 Å². The minimum atomic E-state index is 0.243. The molecule has 3 nitrogen and oxygen atoms in total. The number of nitrogens with zero attached hydrogens (tertiary/aromatic N) is 1. The van der Waals surface area contributed by atoms with E-state index < -0.39 is 0 Å². The first kappa shape index (κ1) is 13.6. The summed E-state index contributed by atoms with van der Waals surface area (Å²) in [7, 11) is 0. The van der Waals surface area contributed by atoms with Crippen LogP contribution in [0.4, 0.5) is 0 Å². The summed E-state index contributed by atoms with van der Waals surface area (Å²) in [5.41, 5.74) is 2.15. The molecule has 1 N–H and O–H groups in total. The lowest BCUT2D eigenvalue weighted by atomic mass is 9.94. The number of rotatable bonds is 3. The number of piperidine rings is 1. The Kier molecular flexibility index (Phi) is 4.36. The van der Waals surface area contributed by atoms with Crippen molar-refractivity contribution in [2.75, 3.05) is 26.2 Å². The van der Waals surface area contributed by atoms with E-state index in [1.54, 1.807) is 0 Å². The third-order valence-corrected chi connectivity index (χ3v) is 4.68. The lowest BCUT2D eigenvalue weighted by Crippen LogP contribution is -2.35. The van der Waals surface area contributed by atoms with Crippen LogP contribution >= 0.6 is 0 Å². The number of fused-ring (bicyclic) bond motifs is 1. The molecule has 1 amide bonds. The number of amides is 1. The van der Waals surface area contributed by atoms with E-state index >= 15 is 0 Å². The Hall–Kier alpha value is -1.35. The minimum absolute atomic E-state index is 0.243. The van der Waals surface area contributed by atoms with E-state index in [4.69, 9.17) is 0 Å². The molecule has 0 spiro atoms. The van der Waals surface area contributed by atoms with Crippen molar-refractivity contribution in [3.63, 3.8) is 0 Å². The maximum atomic E-state index is 12.6. The number of nitrogens with one attached hydrogen (secondary N) is 1. The summed E-state index contributed by atoms with van der Waals surface area (Å²) in [6.07, 6.45) is 5.81. The van der Waals surface area contributed by atoms with Gasteiger partial charge in [-0.05, 0) is 62.7 Å². The van der Waals surface area contributed by atoms with E-state index in [2.05, 4.69) is 16.3 Å². The van der Waals surface area contributed by atoms with Crippen LogP contribution in [0, 0.1) is 5.92 Å². The van der Waals surface area contributed by atoms with E-state index in [0.29, 0.717) is 0 Å². The molecule has 20 heavy (non-hydrogen) atoms. The lowest BCUT2D eigenvalue weighted by molar-refractivity contribution is 0.0748. The second-order valence-corrected chi connectivity index (χ2v) is 6.03. The molecular formula is C17H24N2O. The van der Waals surface area contributed by atoms with Gasteiger partial charge in [0.05, 0.1) is 0 Å². The molecule has 1 aromatic carbocycles. The van der Waals surface area contributed by atoms with E-state index in [1.165, 1.54) is 18.4 Å². The van der Waals surface area contributed by atoms with Crippen LogP contribution < -0.4 is 5.32 Å². The van der Waals surface area contributed by atoms with Crippen molar-refractivity contribution >= 4 is 5.91 Å². The van der Waals surface area contributed by atoms with Gasteiger partial charge < -0.3 is 10.2 Å². The fourth-order valence-electron chi connectivity index (χ4n) is 3.40. The SMILES string of the molecule is O=C1c2ccccc2CCCN1CCC1CCNCC1. The fraction of sp³-hybridized carbons (Fsp3) is 0.588. The van der Waals surface area contributed by atoms with Crippen LogP contribution in [0.15, 0.2) is 24.3 Å². The average Bonchev–Trinajstić information content (AvgIpc) is 2.66. The lowest BCUT2D eigenvalue weighted by Gasteiger charge is -2.27. The smallest absolute Gasteiger partial charge is 0.254 e. The molecule has 1 saturated heterocycles. The number of hydrogen-bond acceptors (Lipinski definition) is 2. The molecule has 0 atom stereocenters. The van der Waals surface area contributed by atoms with Crippen molar-refractivity contribution in [3.05, 3.63) is 35.4 Å². The highest BCUT2D eigenvalue weighted by Gasteiger charge is 2.23. The molecule has 0 saturated carbocycles. The molecule has 2 aliphatic heterocycles. The van der Waals surface area contributed by atoms with Crippen LogP contribution in [0.2, 0.25) is 0 Å². The molecule has 0 radical (unpaired) electrons. The van der Waals surface area contributed by atoms with Gasteiger partial charge in [-0.3, -0.25) is 4.79 Å². The zero-order chi connectivity index (χ0) is 13.8. The molecule has 1 fully saturated rings. The van der Waals surface area contributed by atoms with Gasteiger partial charge in [0.25, 0.3) is 5.91 Å². The number of carbonyl (C=O) groups is 1. The number of hydrogen-bond donors (Lipinski definition) is 1. The summed E-state index contributed by atoms with van der Waals surface area (Å²) in [6, 6.07) is 8.11. The molecule has 2 heterocycles. The zero-order valence-corrected chi connectivity index (χ0v) is 12.1. The Balaban J connectivity index is 1.63. The van der Waals surface area contributed by atoms with E-state index in [1.807, 2.05) is 18.2 Å². The van der Waals surface area contributed by atoms with E-state index in [-0.39, 0.29) is 5.91 Å². The first-order valence-corrected chi connectivity index (χ1v) is 7.92. The highest BCUT2D eigenvalue weighted by Crippen LogP contribution is 2.21. The number of carbonyl (C=O) groups excluding carboxylic acids is 1. The summed E-state index contributed by atoms with van der Waals surface area (Å²) < 4.78 is 0. The van der Waals surface area contributed by atoms with Gasteiger partial charge in [0.1, 0.15) is 0 Å². The van der Waals surface area contributed by atoms with Crippen LogP contribution in [0.25, 0.3) is 0 Å². The predicted octanol–water partition coefficient (Wildman–Crippen LogP) is 2.46. The molecule has 3 rings (SSSR count). The summed E-state index contributed by atoms with van der Waals surface area (Å²) in [4.78, 5) is 14.7. The second kappa shape index (κ2) is 6.40. The highest BCUT2D eigenvalue weighted by atomic mass is 16.2. The van der Waals surface area contributed by atoms with E-state index in [9.17, 15) is 4.79 Å². The van der Waals surface area contributed by atoms with Gasteiger partial charge in [-0.2, -0.15) is 0 Å². The number of aryl methyl sites for hydroxylation is 1.